The molecule has 0 aliphatic heterocycles. The average molecular weight is 257 g/mol. The number of carbonyl (C=O) groups excluding carboxylic acids is 1. The number of hydrogen-bond donors (Lipinski definition) is 3. The van der Waals surface area contributed by atoms with Crippen LogP contribution in [0, 0.1) is 0 Å². The van der Waals surface area contributed by atoms with Gasteiger partial charge in [0.25, 0.3) is 5.91 Å². The predicted molar refractivity (Wildman–Crippen MR) is 69.5 cm³/mol. The fourth-order valence-corrected chi connectivity index (χ4v) is 1.55. The molecule has 0 fully saturated rings. The van der Waals surface area contributed by atoms with Gasteiger partial charge in [0.2, 0.25) is 0 Å². The molecule has 1 amide bonds. The highest BCUT2D eigenvalue weighted by molar-refractivity contribution is 6.04. The number of anilines is 1. The maximum Gasteiger partial charge on any atom is 0.335 e. The molecule has 96 valence electrons. The highest BCUT2D eigenvalue weighted by Gasteiger charge is 2.08. The largest absolute Gasteiger partial charge is 0.508 e. The van der Waals surface area contributed by atoms with Crippen LogP contribution in [-0.4, -0.2) is 22.1 Å². The lowest BCUT2D eigenvalue weighted by Gasteiger charge is -2.05. The van der Waals surface area contributed by atoms with Crippen LogP contribution >= 0.6 is 0 Å². The van der Waals surface area contributed by atoms with Crippen molar-refractivity contribution < 1.29 is 19.8 Å². The van der Waals surface area contributed by atoms with Crippen LogP contribution in [0.25, 0.3) is 0 Å². The number of carbonyl (C=O) groups is 2. The van der Waals surface area contributed by atoms with Crippen molar-refractivity contribution in [3.63, 3.8) is 0 Å². The van der Waals surface area contributed by atoms with Crippen molar-refractivity contribution in [2.75, 3.05) is 5.32 Å². The molecule has 3 N–H and O–H groups in total. The van der Waals surface area contributed by atoms with Crippen molar-refractivity contribution in [2.24, 2.45) is 0 Å². The van der Waals surface area contributed by atoms with Gasteiger partial charge in [0.05, 0.1) is 5.56 Å². The van der Waals surface area contributed by atoms with E-state index < -0.39 is 5.97 Å². The second-order valence-electron chi connectivity index (χ2n) is 3.89. The minimum atomic E-state index is -1.04. The van der Waals surface area contributed by atoms with Gasteiger partial charge in [-0.3, -0.25) is 4.79 Å². The number of phenolic OH excluding ortho intramolecular Hbond substituents is 1. The summed E-state index contributed by atoms with van der Waals surface area (Å²) >= 11 is 0. The molecular weight excluding hydrogens is 246 g/mol. The zero-order chi connectivity index (χ0) is 13.8. The van der Waals surface area contributed by atoms with Crippen LogP contribution in [0.5, 0.6) is 5.75 Å². The van der Waals surface area contributed by atoms with Gasteiger partial charge >= 0.3 is 5.97 Å². The minimum Gasteiger partial charge on any atom is -0.508 e. The monoisotopic (exact) mass is 257 g/mol. The normalized spacial score (nSPS) is 9.89. The van der Waals surface area contributed by atoms with E-state index in [4.69, 9.17) is 5.11 Å². The topological polar surface area (TPSA) is 86.6 Å². The van der Waals surface area contributed by atoms with Crippen LogP contribution in [0.3, 0.4) is 0 Å². The Bertz CT molecular complexity index is 620. The summed E-state index contributed by atoms with van der Waals surface area (Å²) in [5, 5.41) is 20.6. The summed E-state index contributed by atoms with van der Waals surface area (Å²) in [5.74, 6) is -1.36. The maximum atomic E-state index is 11.9. The summed E-state index contributed by atoms with van der Waals surface area (Å²) in [6.45, 7) is 0. The summed E-state index contributed by atoms with van der Waals surface area (Å²) in [4.78, 5) is 22.5. The third-order valence-electron chi connectivity index (χ3n) is 2.50. The molecule has 2 aromatic carbocycles. The van der Waals surface area contributed by atoms with Gasteiger partial charge in [-0.1, -0.05) is 6.07 Å². The Kier molecular flexibility index (Phi) is 3.47. The van der Waals surface area contributed by atoms with Gasteiger partial charge in [-0.25, -0.2) is 4.79 Å². The smallest absolute Gasteiger partial charge is 0.335 e. The van der Waals surface area contributed by atoms with Gasteiger partial charge in [-0.05, 0) is 36.4 Å². The summed E-state index contributed by atoms with van der Waals surface area (Å²) in [6.07, 6.45) is 0. The minimum absolute atomic E-state index is 0.0547. The van der Waals surface area contributed by atoms with Gasteiger partial charge in [-0.15, -0.1) is 0 Å². The quantitative estimate of drug-likeness (QED) is 0.787. The summed E-state index contributed by atoms with van der Waals surface area (Å²) in [7, 11) is 0. The third kappa shape index (κ3) is 3.10. The number of phenols is 1. The standard InChI is InChI=1S/C14H11NO4/c16-12-3-1-2-11(8-12)15-13(17)9-4-6-10(7-5-9)14(18)19/h1-8,16H,(H,15,17)(H,18,19). The molecule has 0 saturated heterocycles. The van der Waals surface area contributed by atoms with Crippen LogP contribution < -0.4 is 5.32 Å². The van der Waals surface area contributed by atoms with Crippen molar-refractivity contribution >= 4 is 17.6 Å². The molecule has 0 heterocycles. The van der Waals surface area contributed by atoms with E-state index in [1.54, 1.807) is 12.1 Å². The molecule has 0 radical (unpaired) electrons. The predicted octanol–water partition coefficient (Wildman–Crippen LogP) is 2.34. The molecular formula is C14H11NO4. The van der Waals surface area contributed by atoms with Gasteiger partial charge in [0.1, 0.15) is 5.75 Å². The third-order valence-corrected chi connectivity index (χ3v) is 2.50. The summed E-state index contributed by atoms with van der Waals surface area (Å²) < 4.78 is 0. The molecule has 0 bridgehead atoms. The first-order valence-corrected chi connectivity index (χ1v) is 5.50. The zero-order valence-corrected chi connectivity index (χ0v) is 9.83. The molecule has 2 aromatic rings. The molecule has 0 saturated carbocycles. The van der Waals surface area contributed by atoms with Gasteiger partial charge in [0, 0.05) is 17.3 Å². The van der Waals surface area contributed by atoms with Crippen molar-refractivity contribution in [3.8, 4) is 5.75 Å². The van der Waals surface area contributed by atoms with E-state index in [0.717, 1.165) is 0 Å². The van der Waals surface area contributed by atoms with Gasteiger partial charge in [-0.2, -0.15) is 0 Å². The number of aromatic carboxylic acids is 1. The van der Waals surface area contributed by atoms with Gasteiger partial charge in [0.15, 0.2) is 0 Å². The van der Waals surface area contributed by atoms with Crippen LogP contribution in [0.1, 0.15) is 20.7 Å². The fraction of sp³-hybridized carbons (Fsp3) is 0. The lowest BCUT2D eigenvalue weighted by atomic mass is 10.1. The molecule has 2 rings (SSSR count). The van der Waals surface area contributed by atoms with Crippen molar-refractivity contribution in [3.05, 3.63) is 59.7 Å². The van der Waals surface area contributed by atoms with Crippen LogP contribution in [-0.2, 0) is 0 Å². The van der Waals surface area contributed by atoms with Crippen LogP contribution in [0.2, 0.25) is 0 Å². The number of hydrogen-bond acceptors (Lipinski definition) is 3. The number of nitrogens with one attached hydrogen (secondary N) is 1. The Balaban J connectivity index is 2.14. The molecule has 0 atom stereocenters. The molecule has 0 aliphatic carbocycles. The average Bonchev–Trinajstić information content (AvgIpc) is 2.39. The molecule has 19 heavy (non-hydrogen) atoms. The maximum absolute atomic E-state index is 11.9. The molecule has 0 spiro atoms. The molecule has 0 aromatic heterocycles. The van der Waals surface area contributed by atoms with E-state index in [9.17, 15) is 14.7 Å². The summed E-state index contributed by atoms with van der Waals surface area (Å²) in [6, 6.07) is 11.8. The van der Waals surface area contributed by atoms with Crippen LogP contribution in [0.4, 0.5) is 5.69 Å². The first-order chi connectivity index (χ1) is 9.06. The van der Waals surface area contributed by atoms with E-state index in [-0.39, 0.29) is 17.2 Å². The van der Waals surface area contributed by atoms with E-state index >= 15 is 0 Å². The Labute approximate surface area is 109 Å². The number of amides is 1. The number of carboxylic acids is 1. The lowest BCUT2D eigenvalue weighted by molar-refractivity contribution is 0.0696. The van der Waals surface area contributed by atoms with Crippen molar-refractivity contribution in [1.29, 1.82) is 0 Å². The van der Waals surface area contributed by atoms with Crippen molar-refractivity contribution in [2.45, 2.75) is 0 Å². The van der Waals surface area contributed by atoms with Crippen molar-refractivity contribution in [1.82, 2.24) is 0 Å². The SMILES string of the molecule is O=C(O)c1ccc(C(=O)Nc2cccc(O)c2)cc1. The lowest BCUT2D eigenvalue weighted by Crippen LogP contribution is -2.12. The number of aromatic hydroxyl groups is 1. The van der Waals surface area contributed by atoms with E-state index in [1.165, 1.54) is 36.4 Å². The van der Waals surface area contributed by atoms with E-state index in [2.05, 4.69) is 5.32 Å². The van der Waals surface area contributed by atoms with Gasteiger partial charge < -0.3 is 15.5 Å². The Morgan fingerprint density at radius 3 is 2.16 bits per heavy atom. The number of rotatable bonds is 3. The van der Waals surface area contributed by atoms with E-state index in [1.807, 2.05) is 0 Å². The summed E-state index contributed by atoms with van der Waals surface area (Å²) in [5.41, 5.74) is 0.926. The Morgan fingerprint density at radius 1 is 0.947 bits per heavy atom. The molecule has 5 nitrogen and oxygen atoms in total. The highest BCUT2D eigenvalue weighted by atomic mass is 16.4. The second kappa shape index (κ2) is 5.22. The van der Waals surface area contributed by atoms with Crippen LogP contribution in [0.15, 0.2) is 48.5 Å². The van der Waals surface area contributed by atoms with E-state index in [0.29, 0.717) is 11.3 Å². The second-order valence-corrected chi connectivity index (χ2v) is 3.89. The zero-order valence-electron chi connectivity index (χ0n) is 9.83. The molecule has 5 heteroatoms. The first-order valence-electron chi connectivity index (χ1n) is 5.50. The molecule has 0 aliphatic rings. The Morgan fingerprint density at radius 2 is 1.58 bits per heavy atom. The first kappa shape index (κ1) is 12.6. The number of benzene rings is 2. The number of carboxylic acid groups (broad SMARTS) is 1. The highest BCUT2D eigenvalue weighted by Crippen LogP contribution is 2.16. The fourth-order valence-electron chi connectivity index (χ4n) is 1.55. The Hall–Kier alpha value is -2.82. The molecule has 0 unspecified atom stereocenters.